The summed E-state index contributed by atoms with van der Waals surface area (Å²) in [4.78, 5) is 24.7. The molecule has 5 nitrogen and oxygen atoms in total. The van der Waals surface area contributed by atoms with Crippen molar-refractivity contribution >= 4 is 17.6 Å². The Morgan fingerprint density at radius 1 is 1.26 bits per heavy atom. The molecule has 104 valence electrons. The SMILES string of the molecule is CNC(C)(C)C(=O)N(CCC(=O)O)c1ccccc1. The summed E-state index contributed by atoms with van der Waals surface area (Å²) in [6.45, 7) is 3.70. The van der Waals surface area contributed by atoms with Crippen LogP contribution in [0.15, 0.2) is 30.3 Å². The zero-order chi connectivity index (χ0) is 14.5. The Morgan fingerprint density at radius 3 is 2.32 bits per heavy atom. The summed E-state index contributed by atoms with van der Waals surface area (Å²) in [5.41, 5.74) is -0.0361. The minimum atomic E-state index is -0.920. The van der Waals surface area contributed by atoms with Crippen LogP contribution in [0, 0.1) is 0 Å². The number of anilines is 1. The summed E-state index contributed by atoms with van der Waals surface area (Å²) < 4.78 is 0. The van der Waals surface area contributed by atoms with E-state index >= 15 is 0 Å². The van der Waals surface area contributed by atoms with Crippen molar-refractivity contribution in [1.82, 2.24) is 5.32 Å². The van der Waals surface area contributed by atoms with Gasteiger partial charge in [-0.2, -0.15) is 0 Å². The Bertz CT molecular complexity index is 443. The van der Waals surface area contributed by atoms with Gasteiger partial charge in [0.25, 0.3) is 0 Å². The summed E-state index contributed by atoms with van der Waals surface area (Å²) in [5, 5.41) is 11.7. The van der Waals surface area contributed by atoms with E-state index in [1.807, 2.05) is 18.2 Å². The number of carboxylic acids is 1. The summed E-state index contributed by atoms with van der Waals surface area (Å²) in [6, 6.07) is 9.09. The average molecular weight is 264 g/mol. The van der Waals surface area contributed by atoms with Crippen molar-refractivity contribution < 1.29 is 14.7 Å². The minimum absolute atomic E-state index is 0.0829. The number of para-hydroxylation sites is 1. The predicted molar refractivity (Wildman–Crippen MR) is 74.2 cm³/mol. The van der Waals surface area contributed by atoms with E-state index < -0.39 is 11.5 Å². The first-order valence-electron chi connectivity index (χ1n) is 6.16. The van der Waals surface area contributed by atoms with E-state index in [2.05, 4.69) is 5.32 Å². The first kappa shape index (κ1) is 15.2. The lowest BCUT2D eigenvalue weighted by atomic mass is 10.0. The fraction of sp³-hybridized carbons (Fsp3) is 0.429. The largest absolute Gasteiger partial charge is 0.481 e. The molecule has 0 saturated heterocycles. The Kier molecular flexibility index (Phi) is 5.06. The average Bonchev–Trinajstić information content (AvgIpc) is 2.39. The second-order valence-corrected chi connectivity index (χ2v) is 4.81. The van der Waals surface area contributed by atoms with E-state index in [-0.39, 0.29) is 18.9 Å². The van der Waals surface area contributed by atoms with Gasteiger partial charge in [0.05, 0.1) is 12.0 Å². The van der Waals surface area contributed by atoms with Gasteiger partial charge in [-0.05, 0) is 33.0 Å². The molecule has 0 spiro atoms. The lowest BCUT2D eigenvalue weighted by molar-refractivity contribution is -0.136. The molecule has 1 aromatic carbocycles. The van der Waals surface area contributed by atoms with Crippen molar-refractivity contribution in [2.75, 3.05) is 18.5 Å². The second-order valence-electron chi connectivity index (χ2n) is 4.81. The summed E-state index contributed by atoms with van der Waals surface area (Å²) in [7, 11) is 1.71. The van der Waals surface area contributed by atoms with Crippen LogP contribution >= 0.6 is 0 Å². The third kappa shape index (κ3) is 4.06. The molecular formula is C14H20N2O3. The van der Waals surface area contributed by atoms with E-state index in [4.69, 9.17) is 5.11 Å². The first-order chi connectivity index (χ1) is 8.88. The minimum Gasteiger partial charge on any atom is -0.481 e. The molecule has 0 bridgehead atoms. The van der Waals surface area contributed by atoms with Crippen LogP contribution in [0.2, 0.25) is 0 Å². The summed E-state index contributed by atoms with van der Waals surface area (Å²) >= 11 is 0. The highest BCUT2D eigenvalue weighted by Gasteiger charge is 2.31. The third-order valence-corrected chi connectivity index (χ3v) is 3.02. The van der Waals surface area contributed by atoms with Crippen LogP contribution in [0.1, 0.15) is 20.3 Å². The number of benzene rings is 1. The number of carboxylic acid groups (broad SMARTS) is 1. The fourth-order valence-electron chi connectivity index (χ4n) is 1.61. The Balaban J connectivity index is 2.99. The van der Waals surface area contributed by atoms with Gasteiger partial charge in [-0.15, -0.1) is 0 Å². The van der Waals surface area contributed by atoms with Crippen LogP contribution in [0.3, 0.4) is 0 Å². The molecule has 2 N–H and O–H groups in total. The van der Waals surface area contributed by atoms with Crippen molar-refractivity contribution in [3.63, 3.8) is 0 Å². The molecule has 0 unspecified atom stereocenters. The number of rotatable bonds is 6. The lowest BCUT2D eigenvalue weighted by Gasteiger charge is -2.31. The van der Waals surface area contributed by atoms with E-state index in [9.17, 15) is 9.59 Å². The molecule has 1 amide bonds. The number of hydrogen-bond acceptors (Lipinski definition) is 3. The van der Waals surface area contributed by atoms with Gasteiger partial charge in [0.15, 0.2) is 0 Å². The van der Waals surface area contributed by atoms with Crippen LogP contribution in [-0.4, -0.2) is 36.1 Å². The van der Waals surface area contributed by atoms with Crippen LogP contribution in [0.4, 0.5) is 5.69 Å². The van der Waals surface area contributed by atoms with Crippen molar-refractivity contribution in [2.45, 2.75) is 25.8 Å². The number of amides is 1. The quantitative estimate of drug-likeness (QED) is 0.816. The first-order valence-corrected chi connectivity index (χ1v) is 6.16. The Labute approximate surface area is 113 Å². The van der Waals surface area contributed by atoms with Gasteiger partial charge in [-0.25, -0.2) is 0 Å². The zero-order valence-corrected chi connectivity index (χ0v) is 11.5. The van der Waals surface area contributed by atoms with Gasteiger partial charge >= 0.3 is 5.97 Å². The number of nitrogens with one attached hydrogen (secondary N) is 1. The van der Waals surface area contributed by atoms with E-state index in [1.54, 1.807) is 33.0 Å². The number of hydrogen-bond donors (Lipinski definition) is 2. The maximum absolute atomic E-state index is 12.5. The molecule has 0 fully saturated rings. The fourth-order valence-corrected chi connectivity index (χ4v) is 1.61. The number of carbonyl (C=O) groups is 2. The van der Waals surface area contributed by atoms with Gasteiger partial charge in [-0.3, -0.25) is 9.59 Å². The topological polar surface area (TPSA) is 69.6 Å². The normalized spacial score (nSPS) is 11.1. The molecule has 0 aliphatic rings. The monoisotopic (exact) mass is 264 g/mol. The predicted octanol–water partition coefficient (Wildman–Crippen LogP) is 1.49. The lowest BCUT2D eigenvalue weighted by Crippen LogP contribution is -2.53. The smallest absolute Gasteiger partial charge is 0.305 e. The van der Waals surface area contributed by atoms with Crippen LogP contribution < -0.4 is 10.2 Å². The zero-order valence-electron chi connectivity index (χ0n) is 11.5. The Hall–Kier alpha value is -1.88. The third-order valence-electron chi connectivity index (χ3n) is 3.02. The van der Waals surface area contributed by atoms with E-state index in [0.717, 1.165) is 0 Å². The van der Waals surface area contributed by atoms with Gasteiger partial charge in [0.2, 0.25) is 5.91 Å². The van der Waals surface area contributed by atoms with Crippen molar-refractivity contribution in [3.8, 4) is 0 Å². The molecule has 0 atom stereocenters. The van der Waals surface area contributed by atoms with Gasteiger partial charge in [-0.1, -0.05) is 18.2 Å². The highest BCUT2D eigenvalue weighted by molar-refractivity contribution is 6.00. The maximum Gasteiger partial charge on any atom is 0.305 e. The van der Waals surface area contributed by atoms with Gasteiger partial charge in [0, 0.05) is 12.2 Å². The highest BCUT2D eigenvalue weighted by Crippen LogP contribution is 2.18. The van der Waals surface area contributed by atoms with Crippen LogP contribution in [0.25, 0.3) is 0 Å². The second kappa shape index (κ2) is 6.33. The number of nitrogens with zero attached hydrogens (tertiary/aromatic N) is 1. The van der Waals surface area contributed by atoms with Crippen LogP contribution in [0.5, 0.6) is 0 Å². The van der Waals surface area contributed by atoms with Crippen molar-refractivity contribution in [2.24, 2.45) is 0 Å². The Morgan fingerprint density at radius 2 is 1.84 bits per heavy atom. The van der Waals surface area contributed by atoms with Crippen molar-refractivity contribution in [1.29, 1.82) is 0 Å². The van der Waals surface area contributed by atoms with Crippen LogP contribution in [-0.2, 0) is 9.59 Å². The van der Waals surface area contributed by atoms with E-state index in [1.165, 1.54) is 4.90 Å². The molecule has 0 heterocycles. The van der Waals surface area contributed by atoms with Gasteiger partial charge < -0.3 is 15.3 Å². The number of carbonyl (C=O) groups excluding carboxylic acids is 1. The molecule has 5 heteroatoms. The molecular weight excluding hydrogens is 244 g/mol. The molecule has 1 rings (SSSR count). The van der Waals surface area contributed by atoms with E-state index in [0.29, 0.717) is 5.69 Å². The standard InChI is InChI=1S/C14H20N2O3/c1-14(2,15-3)13(19)16(10-9-12(17)18)11-7-5-4-6-8-11/h4-8,15H,9-10H2,1-3H3,(H,17,18). The highest BCUT2D eigenvalue weighted by atomic mass is 16.4. The molecule has 0 aliphatic carbocycles. The van der Waals surface area contributed by atoms with Gasteiger partial charge in [0.1, 0.15) is 0 Å². The molecule has 0 aromatic heterocycles. The number of aliphatic carboxylic acids is 1. The summed E-state index contributed by atoms with van der Waals surface area (Å²) in [6.07, 6.45) is -0.0829. The molecule has 0 radical (unpaired) electrons. The molecule has 0 saturated carbocycles. The summed E-state index contributed by atoms with van der Waals surface area (Å²) in [5.74, 6) is -1.07. The van der Waals surface area contributed by atoms with Crippen molar-refractivity contribution in [3.05, 3.63) is 30.3 Å². The molecule has 19 heavy (non-hydrogen) atoms. The maximum atomic E-state index is 12.5. The molecule has 1 aromatic rings. The molecule has 0 aliphatic heterocycles. The number of likely N-dealkylation sites (N-methyl/N-ethyl adjacent to an activating group) is 1.